The first-order valence-corrected chi connectivity index (χ1v) is 8.15. The van der Waals surface area contributed by atoms with Crippen molar-refractivity contribution in [2.75, 3.05) is 0 Å². The molecule has 0 aromatic heterocycles. The Hall–Kier alpha value is -1.24. The zero-order valence-electron chi connectivity index (χ0n) is 13.9. The van der Waals surface area contributed by atoms with Gasteiger partial charge in [-0.2, -0.15) is 0 Å². The van der Waals surface area contributed by atoms with Crippen molar-refractivity contribution >= 4 is 17.5 Å². The molecule has 1 saturated carbocycles. The van der Waals surface area contributed by atoms with Crippen LogP contribution in [-0.2, 0) is 10.2 Å². The third-order valence-corrected chi connectivity index (χ3v) is 4.73. The molecule has 0 spiro atoms. The number of aliphatic hydroxyl groups excluding tert-OH is 1. The van der Waals surface area contributed by atoms with E-state index in [0.717, 1.165) is 24.0 Å². The SMILES string of the molecule is C[C@@H]([N-]C(=O)C1(c2ccc(Cl)cc2)CC1)[C@@H](O)c1ccccc1.[Li+]. The van der Waals surface area contributed by atoms with Crippen molar-refractivity contribution in [3.63, 3.8) is 0 Å². The first-order valence-electron chi connectivity index (χ1n) is 7.77. The maximum atomic E-state index is 12.6. The van der Waals surface area contributed by atoms with Crippen LogP contribution in [0.25, 0.3) is 5.32 Å². The van der Waals surface area contributed by atoms with Crippen LogP contribution in [0.4, 0.5) is 0 Å². The van der Waals surface area contributed by atoms with Crippen molar-refractivity contribution in [3.8, 4) is 0 Å². The normalized spacial score (nSPS) is 17.3. The van der Waals surface area contributed by atoms with Gasteiger partial charge in [0.05, 0.1) is 12.0 Å². The van der Waals surface area contributed by atoms with Gasteiger partial charge in [-0.3, -0.25) is 0 Å². The van der Waals surface area contributed by atoms with Gasteiger partial charge in [-0.05, 0) is 36.1 Å². The molecule has 3 nitrogen and oxygen atoms in total. The summed E-state index contributed by atoms with van der Waals surface area (Å²) >= 11 is 5.91. The van der Waals surface area contributed by atoms with Gasteiger partial charge in [0.25, 0.3) is 0 Å². The van der Waals surface area contributed by atoms with E-state index in [0.29, 0.717) is 5.02 Å². The van der Waals surface area contributed by atoms with Crippen LogP contribution < -0.4 is 18.9 Å². The summed E-state index contributed by atoms with van der Waals surface area (Å²) in [6.07, 6.45) is 0.817. The van der Waals surface area contributed by atoms with Crippen LogP contribution >= 0.6 is 11.6 Å². The molecule has 1 aliphatic rings. The molecule has 0 heterocycles. The van der Waals surface area contributed by atoms with Crippen LogP contribution in [0, 0.1) is 0 Å². The quantitative estimate of drug-likeness (QED) is 0.840. The fourth-order valence-electron chi connectivity index (χ4n) is 2.83. The Bertz CT molecular complexity index is 686. The summed E-state index contributed by atoms with van der Waals surface area (Å²) in [4.78, 5) is 12.6. The Balaban J connectivity index is 0.00000208. The third-order valence-electron chi connectivity index (χ3n) is 4.48. The van der Waals surface area contributed by atoms with Crippen LogP contribution in [-0.4, -0.2) is 17.1 Å². The molecule has 5 heteroatoms. The monoisotopic (exact) mass is 335 g/mol. The number of carbonyl (C=O) groups excluding carboxylic acids is 1. The van der Waals surface area contributed by atoms with Crippen LogP contribution in [0.3, 0.4) is 0 Å². The predicted octanol–water partition coefficient (Wildman–Crippen LogP) is 1.40. The fraction of sp³-hybridized carbons (Fsp3) is 0.316. The van der Waals surface area contributed by atoms with Gasteiger partial charge in [0.15, 0.2) is 0 Å². The van der Waals surface area contributed by atoms with E-state index in [9.17, 15) is 9.90 Å². The molecular weight excluding hydrogens is 317 g/mol. The number of hydrogen-bond donors (Lipinski definition) is 1. The summed E-state index contributed by atoms with van der Waals surface area (Å²) in [7, 11) is 0. The Labute approximate surface area is 159 Å². The van der Waals surface area contributed by atoms with E-state index in [1.54, 1.807) is 19.1 Å². The topological polar surface area (TPSA) is 51.4 Å². The maximum Gasteiger partial charge on any atom is 1.00 e. The zero-order valence-corrected chi connectivity index (χ0v) is 14.7. The van der Waals surface area contributed by atoms with E-state index in [-0.39, 0.29) is 24.8 Å². The molecule has 24 heavy (non-hydrogen) atoms. The number of amides is 1. The van der Waals surface area contributed by atoms with Gasteiger partial charge in [0.2, 0.25) is 0 Å². The molecule has 2 aromatic carbocycles. The smallest absolute Gasteiger partial charge is 0.648 e. The van der Waals surface area contributed by atoms with Crippen molar-refractivity contribution in [2.45, 2.75) is 37.3 Å². The van der Waals surface area contributed by atoms with Crippen molar-refractivity contribution in [2.24, 2.45) is 0 Å². The van der Waals surface area contributed by atoms with Crippen LogP contribution in [0.5, 0.6) is 0 Å². The van der Waals surface area contributed by atoms with E-state index in [1.807, 2.05) is 42.5 Å². The van der Waals surface area contributed by atoms with Crippen LogP contribution in [0.15, 0.2) is 54.6 Å². The van der Waals surface area contributed by atoms with Gasteiger partial charge in [-0.1, -0.05) is 67.0 Å². The van der Waals surface area contributed by atoms with Crippen LogP contribution in [0.1, 0.15) is 37.0 Å². The third kappa shape index (κ3) is 3.87. The van der Waals surface area contributed by atoms with Crippen molar-refractivity contribution in [3.05, 3.63) is 76.1 Å². The standard InChI is InChI=1S/C19H20ClNO2.Li/c1-13(17(22)14-5-3-2-4-6-14)21-18(23)19(11-12-19)15-7-9-16(20)10-8-15;/h2-10,13,17,22H,11-12H2,1H3,(H,21,23);/q;+1/p-1/t13-,17-;/m1./s1. The minimum Gasteiger partial charge on any atom is -0.648 e. The van der Waals surface area contributed by atoms with Gasteiger partial charge in [0.1, 0.15) is 0 Å². The van der Waals surface area contributed by atoms with E-state index in [2.05, 4.69) is 5.32 Å². The Morgan fingerprint density at radius 1 is 1.12 bits per heavy atom. The van der Waals surface area contributed by atoms with Crippen molar-refractivity contribution < 1.29 is 28.8 Å². The summed E-state index contributed by atoms with van der Waals surface area (Å²) in [5.41, 5.74) is 1.21. The second-order valence-electron chi connectivity index (χ2n) is 6.12. The van der Waals surface area contributed by atoms with Gasteiger partial charge in [-0.15, -0.1) is 0 Å². The minimum absolute atomic E-state index is 0. The molecule has 1 amide bonds. The van der Waals surface area contributed by atoms with E-state index in [1.165, 1.54) is 0 Å². The molecular formula is C19H19ClLiNO2. The number of nitrogens with zero attached hydrogens (tertiary/aromatic N) is 1. The number of aliphatic hydroxyl groups is 1. The molecule has 3 rings (SSSR count). The molecule has 0 bridgehead atoms. The first-order chi connectivity index (χ1) is 11.0. The molecule has 2 aromatic rings. The number of rotatable bonds is 5. The molecule has 0 radical (unpaired) electrons. The number of hydrogen-bond acceptors (Lipinski definition) is 2. The molecule has 1 N–H and O–H groups in total. The Kier molecular flexibility index (Phi) is 6.17. The van der Waals surface area contributed by atoms with Gasteiger partial charge < -0.3 is 15.2 Å². The second kappa shape index (κ2) is 7.76. The van der Waals surface area contributed by atoms with E-state index < -0.39 is 17.6 Å². The second-order valence-corrected chi connectivity index (χ2v) is 6.56. The number of carbonyl (C=O) groups is 1. The summed E-state index contributed by atoms with van der Waals surface area (Å²) in [5.74, 6) is -0.151. The van der Waals surface area contributed by atoms with Gasteiger partial charge >= 0.3 is 18.9 Å². The first kappa shape index (κ1) is 19.1. The average Bonchev–Trinajstić information content (AvgIpc) is 3.37. The molecule has 0 unspecified atom stereocenters. The summed E-state index contributed by atoms with van der Waals surface area (Å²) in [6, 6.07) is 16.2. The van der Waals surface area contributed by atoms with Gasteiger partial charge in [-0.25, -0.2) is 0 Å². The van der Waals surface area contributed by atoms with Crippen molar-refractivity contribution in [1.82, 2.24) is 0 Å². The summed E-state index contributed by atoms with van der Waals surface area (Å²) < 4.78 is 0. The Morgan fingerprint density at radius 2 is 1.71 bits per heavy atom. The fourth-order valence-corrected chi connectivity index (χ4v) is 2.95. The molecule has 0 aliphatic heterocycles. The molecule has 1 fully saturated rings. The van der Waals surface area contributed by atoms with Gasteiger partial charge in [0, 0.05) is 10.4 Å². The van der Waals surface area contributed by atoms with E-state index >= 15 is 0 Å². The predicted molar refractivity (Wildman–Crippen MR) is 91.6 cm³/mol. The number of benzene rings is 2. The molecule has 2 atom stereocenters. The zero-order chi connectivity index (χ0) is 16.4. The summed E-state index contributed by atoms with van der Waals surface area (Å²) in [6.45, 7) is 1.77. The minimum atomic E-state index is -0.777. The summed E-state index contributed by atoms with van der Waals surface area (Å²) in [5, 5.41) is 15.3. The van der Waals surface area contributed by atoms with E-state index in [4.69, 9.17) is 11.6 Å². The average molecular weight is 336 g/mol. The Morgan fingerprint density at radius 3 is 2.25 bits per heavy atom. The van der Waals surface area contributed by atoms with Crippen LogP contribution in [0.2, 0.25) is 5.02 Å². The molecule has 1 aliphatic carbocycles. The number of halogens is 1. The molecule has 0 saturated heterocycles. The van der Waals surface area contributed by atoms with Crippen molar-refractivity contribution in [1.29, 1.82) is 0 Å². The molecule has 120 valence electrons. The maximum absolute atomic E-state index is 12.6. The largest absolute Gasteiger partial charge is 1.00 e.